The van der Waals surface area contributed by atoms with Crippen LogP contribution in [0.2, 0.25) is 4.89 Å². The van der Waals surface area contributed by atoms with Crippen LogP contribution in [-0.4, -0.2) is 13.1 Å². The van der Waals surface area contributed by atoms with Gasteiger partial charge >= 0.3 is 226 Å². The van der Waals surface area contributed by atoms with Gasteiger partial charge in [0, 0.05) is 0 Å². The quantitative estimate of drug-likeness (QED) is 0.232. The molecule has 2 aromatic rings. The Hall–Kier alpha value is -1.11. The molecular formula is C31H46ClN2Pd. The predicted molar refractivity (Wildman–Crippen MR) is 152 cm³/mol. The molecule has 0 spiro atoms. The summed E-state index contributed by atoms with van der Waals surface area (Å²) in [5, 5.41) is 4.07. The van der Waals surface area contributed by atoms with Crippen LogP contribution in [0.1, 0.15) is 114 Å². The molecule has 1 saturated heterocycles. The molecule has 4 heteroatoms. The van der Waals surface area contributed by atoms with Crippen molar-refractivity contribution in [2.75, 3.05) is 18.0 Å². The van der Waals surface area contributed by atoms with Gasteiger partial charge in [-0.3, -0.25) is 0 Å². The van der Waals surface area contributed by atoms with Crippen molar-refractivity contribution in [2.24, 2.45) is 0 Å². The number of nitrogens with zero attached hydrogens (tertiary/aromatic N) is 1. The van der Waals surface area contributed by atoms with E-state index in [0.29, 0.717) is 23.7 Å². The molecule has 1 fully saturated rings. The molecule has 0 radical (unpaired) electrons. The number of allylic oxidation sites excluding steroid dienone is 1. The minimum absolute atomic E-state index is 0.402. The summed E-state index contributed by atoms with van der Waals surface area (Å²) in [7, 11) is 7.69. The number of nitrogens with one attached hydrogen (secondary N) is 1. The summed E-state index contributed by atoms with van der Waals surface area (Å²) in [5.41, 5.74) is 9.65. The average Bonchev–Trinajstić information content (AvgIpc) is 3.22. The van der Waals surface area contributed by atoms with Crippen LogP contribution in [0.25, 0.3) is 0 Å². The van der Waals surface area contributed by atoms with Gasteiger partial charge < -0.3 is 0 Å². The standard InChI is InChI=1S/C27H39N2.C4H7.ClH.Pd/c1-17(2)21-11-9-12-22(18(3)4)25(21)27-28-15-16-29(27)26-23(19(5)6)13-10-14-24(26)20(7)8;1-4(2)3;;/h9-14,17-20,28H,15-16H2,1-8H3;1-2H2,3H3;1H;/q;;;+1/p-1. The van der Waals surface area contributed by atoms with Crippen molar-refractivity contribution < 1.29 is 15.7 Å². The van der Waals surface area contributed by atoms with Crippen molar-refractivity contribution in [3.8, 4) is 0 Å². The van der Waals surface area contributed by atoms with Crippen molar-refractivity contribution in [1.82, 2.24) is 5.32 Å². The van der Waals surface area contributed by atoms with Gasteiger partial charge in [-0.25, -0.2) is 0 Å². The molecule has 3 rings (SSSR count). The summed E-state index contributed by atoms with van der Waals surface area (Å²) in [6.45, 7) is 26.8. The Bertz CT molecular complexity index is 990. The Labute approximate surface area is 224 Å². The number of halogens is 1. The number of anilines is 1. The van der Waals surface area contributed by atoms with E-state index in [-0.39, 0.29) is 0 Å². The first-order chi connectivity index (χ1) is 16.4. The molecule has 0 aromatic heterocycles. The van der Waals surface area contributed by atoms with Crippen molar-refractivity contribution >= 4 is 15.2 Å². The van der Waals surface area contributed by atoms with E-state index in [1.165, 1.54) is 39.1 Å². The minimum atomic E-state index is -1.67. The number of benzene rings is 2. The van der Waals surface area contributed by atoms with Crippen LogP contribution in [0, 0.1) is 0 Å². The number of hydrogen-bond donors (Lipinski definition) is 1. The summed E-state index contributed by atoms with van der Waals surface area (Å²) < 4.78 is -0.402. The maximum absolute atomic E-state index is 7.69. The van der Waals surface area contributed by atoms with Crippen LogP contribution in [0.4, 0.5) is 5.69 Å². The van der Waals surface area contributed by atoms with E-state index >= 15 is 0 Å². The average molecular weight is 589 g/mol. The van der Waals surface area contributed by atoms with E-state index < -0.39 is 19.9 Å². The third-order valence-corrected chi connectivity index (χ3v) is 12.1. The van der Waals surface area contributed by atoms with E-state index in [4.69, 9.17) is 9.53 Å². The topological polar surface area (TPSA) is 15.3 Å². The van der Waals surface area contributed by atoms with Crippen molar-refractivity contribution in [2.45, 2.75) is 95.0 Å². The first-order valence-electron chi connectivity index (χ1n) is 13.1. The molecule has 0 aliphatic carbocycles. The Morgan fingerprint density at radius 2 is 1.31 bits per heavy atom. The summed E-state index contributed by atoms with van der Waals surface area (Å²) in [5.74, 6) is 1.68. The van der Waals surface area contributed by atoms with Crippen LogP contribution < -0.4 is 10.2 Å². The van der Waals surface area contributed by atoms with Crippen LogP contribution in [0.3, 0.4) is 0 Å². The van der Waals surface area contributed by atoms with E-state index in [1.54, 1.807) is 0 Å². The number of rotatable bonds is 9. The fourth-order valence-electron chi connectivity index (χ4n) is 5.28. The molecular weight excluding hydrogens is 542 g/mol. The zero-order valence-corrected chi connectivity index (χ0v) is 25.6. The Morgan fingerprint density at radius 3 is 1.71 bits per heavy atom. The summed E-state index contributed by atoms with van der Waals surface area (Å²) in [6, 6.07) is 13.8. The molecule has 1 atom stereocenters. The molecule has 1 N–H and O–H groups in total. The molecule has 1 unspecified atom stereocenters. The molecule has 1 aliphatic heterocycles. The van der Waals surface area contributed by atoms with Crippen molar-refractivity contribution in [3.63, 3.8) is 0 Å². The third-order valence-electron chi connectivity index (χ3n) is 6.88. The van der Waals surface area contributed by atoms with Gasteiger partial charge in [0.15, 0.2) is 0 Å². The maximum atomic E-state index is 7.69. The molecule has 197 valence electrons. The molecule has 0 amide bonds. The van der Waals surface area contributed by atoms with Gasteiger partial charge in [-0.1, -0.05) is 0 Å². The van der Waals surface area contributed by atoms with Gasteiger partial charge in [0.1, 0.15) is 0 Å². The van der Waals surface area contributed by atoms with E-state index in [0.717, 1.165) is 18.0 Å². The molecule has 35 heavy (non-hydrogen) atoms. The van der Waals surface area contributed by atoms with Crippen molar-refractivity contribution in [1.29, 1.82) is 0 Å². The fraction of sp³-hybridized carbons (Fsp3) is 0.548. The third kappa shape index (κ3) is 5.45. The first kappa shape index (κ1) is 28.5. The van der Waals surface area contributed by atoms with Crippen LogP contribution in [0.15, 0.2) is 48.6 Å². The van der Waals surface area contributed by atoms with Gasteiger partial charge in [-0.15, -0.1) is 0 Å². The van der Waals surface area contributed by atoms with Gasteiger partial charge in [0.2, 0.25) is 0 Å². The molecule has 0 bridgehead atoms. The zero-order valence-electron chi connectivity index (χ0n) is 23.2. The molecule has 2 nitrogen and oxygen atoms in total. The molecule has 0 saturated carbocycles. The molecule has 1 heterocycles. The van der Waals surface area contributed by atoms with Crippen LogP contribution >= 0.6 is 9.53 Å². The number of hydrogen-bond acceptors (Lipinski definition) is 2. The fourth-order valence-corrected chi connectivity index (χ4v) is 10.5. The molecule has 2 aromatic carbocycles. The summed E-state index contributed by atoms with van der Waals surface area (Å²) in [4.78, 5) is 3.57. The summed E-state index contributed by atoms with van der Waals surface area (Å²) >= 11 is -1.67. The first-order valence-corrected chi connectivity index (χ1v) is 17.0. The SMILES string of the molecule is C=C(C)[CH2][Pd]([Cl])[C]1(c2c(C(C)C)cccc2C(C)C)NCCN1c1c(C(C)C)cccc1C(C)C. The molecule has 1 aliphatic rings. The van der Waals surface area contributed by atoms with Crippen molar-refractivity contribution in [3.05, 3.63) is 76.4 Å². The monoisotopic (exact) mass is 587 g/mol. The normalized spacial score (nSPS) is 18.9. The van der Waals surface area contributed by atoms with Gasteiger partial charge in [-0.2, -0.15) is 0 Å². The zero-order chi connectivity index (χ0) is 26.1. The Balaban J connectivity index is 2.46. The van der Waals surface area contributed by atoms with Gasteiger partial charge in [-0.05, 0) is 0 Å². The van der Waals surface area contributed by atoms with Crippen LogP contribution in [-0.2, 0) is 19.9 Å². The van der Waals surface area contributed by atoms with Gasteiger partial charge in [0.25, 0.3) is 0 Å². The Kier molecular flexibility index (Phi) is 9.37. The summed E-state index contributed by atoms with van der Waals surface area (Å²) in [6.07, 6.45) is 0. The van der Waals surface area contributed by atoms with E-state index in [1.807, 2.05) is 0 Å². The Morgan fingerprint density at radius 1 is 0.886 bits per heavy atom. The number of para-hydroxylation sites is 1. The second-order valence-corrected chi connectivity index (χ2v) is 15.8. The second-order valence-electron chi connectivity index (χ2n) is 11.2. The predicted octanol–water partition coefficient (Wildman–Crippen LogP) is 9.17. The second kappa shape index (κ2) is 11.5. The van der Waals surface area contributed by atoms with Crippen LogP contribution in [0.5, 0.6) is 0 Å². The van der Waals surface area contributed by atoms with Gasteiger partial charge in [0.05, 0.1) is 0 Å². The van der Waals surface area contributed by atoms with E-state index in [9.17, 15) is 0 Å². The van der Waals surface area contributed by atoms with E-state index in [2.05, 4.69) is 116 Å².